The van der Waals surface area contributed by atoms with Crippen LogP contribution in [0.25, 0.3) is 33.5 Å². The minimum absolute atomic E-state index is 0.883. The Morgan fingerprint density at radius 3 is 2.74 bits per heavy atom. The number of H-pyrrole nitrogens is 2. The number of hydrogen-bond acceptors (Lipinski definition) is 1. The molecule has 0 bridgehead atoms. The van der Waals surface area contributed by atoms with Gasteiger partial charge in [-0.05, 0) is 18.2 Å². The highest BCUT2D eigenvalue weighted by atomic mass is 79.9. The fourth-order valence-electron chi connectivity index (χ4n) is 2.37. The van der Waals surface area contributed by atoms with Crippen LogP contribution in [0.4, 0.5) is 0 Å². The van der Waals surface area contributed by atoms with Crippen molar-refractivity contribution in [1.29, 1.82) is 0 Å². The van der Waals surface area contributed by atoms with Crippen molar-refractivity contribution in [2.45, 2.75) is 0 Å². The van der Waals surface area contributed by atoms with Gasteiger partial charge in [-0.25, -0.2) is 4.98 Å². The first-order valence-electron chi connectivity index (χ1n) is 6.03. The van der Waals surface area contributed by atoms with Crippen LogP contribution in [-0.4, -0.2) is 15.0 Å². The normalized spacial score (nSPS) is 11.4. The van der Waals surface area contributed by atoms with E-state index in [1.807, 2.05) is 30.3 Å². The van der Waals surface area contributed by atoms with Gasteiger partial charge in [0, 0.05) is 20.9 Å². The van der Waals surface area contributed by atoms with Crippen LogP contribution in [0.3, 0.4) is 0 Å². The zero-order valence-electron chi connectivity index (χ0n) is 9.94. The van der Waals surface area contributed by atoms with Gasteiger partial charge in [-0.2, -0.15) is 0 Å². The third-order valence-electron chi connectivity index (χ3n) is 3.25. The molecule has 3 nitrogen and oxygen atoms in total. The van der Waals surface area contributed by atoms with Gasteiger partial charge in [0.2, 0.25) is 0 Å². The van der Waals surface area contributed by atoms with Crippen molar-refractivity contribution >= 4 is 38.0 Å². The van der Waals surface area contributed by atoms with Crippen molar-refractivity contribution in [3.8, 4) is 11.4 Å². The fraction of sp³-hybridized carbons (Fsp3) is 0. The lowest BCUT2D eigenvalue weighted by Gasteiger charge is -1.97. The molecule has 19 heavy (non-hydrogen) atoms. The molecule has 2 heterocycles. The first-order valence-corrected chi connectivity index (χ1v) is 6.83. The highest BCUT2D eigenvalue weighted by Crippen LogP contribution is 2.27. The van der Waals surface area contributed by atoms with Crippen LogP contribution in [0, 0.1) is 0 Å². The summed E-state index contributed by atoms with van der Waals surface area (Å²) in [7, 11) is 0. The summed E-state index contributed by atoms with van der Waals surface area (Å²) in [4.78, 5) is 11.4. The fourth-order valence-corrected chi connectivity index (χ4v) is 2.77. The summed E-state index contributed by atoms with van der Waals surface area (Å²) >= 11 is 3.48. The Morgan fingerprint density at radius 2 is 1.84 bits per heavy atom. The van der Waals surface area contributed by atoms with Gasteiger partial charge in [0.05, 0.1) is 5.52 Å². The Balaban J connectivity index is 1.97. The Kier molecular flexibility index (Phi) is 2.26. The lowest BCUT2D eigenvalue weighted by molar-refractivity contribution is 1.31. The monoisotopic (exact) mass is 311 g/mol. The molecule has 0 amide bonds. The Hall–Kier alpha value is -2.07. The van der Waals surface area contributed by atoms with Crippen LogP contribution in [0.1, 0.15) is 0 Å². The third-order valence-corrected chi connectivity index (χ3v) is 3.74. The van der Waals surface area contributed by atoms with E-state index in [0.717, 1.165) is 32.5 Å². The van der Waals surface area contributed by atoms with Gasteiger partial charge in [-0.15, -0.1) is 0 Å². The van der Waals surface area contributed by atoms with E-state index in [2.05, 4.69) is 49.1 Å². The summed E-state index contributed by atoms with van der Waals surface area (Å²) in [5.74, 6) is 0.883. The zero-order chi connectivity index (χ0) is 12.8. The SMILES string of the molecule is Brc1cccc(-c2nc3[nH]c4ccccc4c3[nH]2)c1. The van der Waals surface area contributed by atoms with E-state index in [4.69, 9.17) is 0 Å². The van der Waals surface area contributed by atoms with E-state index in [1.54, 1.807) is 0 Å². The largest absolute Gasteiger partial charge is 0.338 e. The molecule has 92 valence electrons. The molecule has 0 spiro atoms. The Morgan fingerprint density at radius 1 is 0.947 bits per heavy atom. The molecule has 0 unspecified atom stereocenters. The summed E-state index contributed by atoms with van der Waals surface area (Å²) < 4.78 is 1.05. The highest BCUT2D eigenvalue weighted by molar-refractivity contribution is 9.10. The first kappa shape index (κ1) is 10.8. The second-order valence-corrected chi connectivity index (χ2v) is 5.41. The summed E-state index contributed by atoms with van der Waals surface area (Å²) in [6, 6.07) is 16.3. The number of fused-ring (bicyclic) bond motifs is 3. The number of halogens is 1. The van der Waals surface area contributed by atoms with Gasteiger partial charge in [-0.3, -0.25) is 0 Å². The maximum atomic E-state index is 4.63. The first-order chi connectivity index (χ1) is 9.31. The molecular formula is C15H10BrN3. The molecule has 0 radical (unpaired) electrons. The molecule has 0 fully saturated rings. The number of para-hydroxylation sites is 1. The van der Waals surface area contributed by atoms with Gasteiger partial charge in [0.15, 0.2) is 5.65 Å². The van der Waals surface area contributed by atoms with E-state index in [-0.39, 0.29) is 0 Å². The second kappa shape index (κ2) is 3.96. The predicted octanol–water partition coefficient (Wildman–Crippen LogP) is 4.47. The number of rotatable bonds is 1. The van der Waals surface area contributed by atoms with Crippen molar-refractivity contribution < 1.29 is 0 Å². The quantitative estimate of drug-likeness (QED) is 0.535. The average Bonchev–Trinajstić information content (AvgIpc) is 2.96. The lowest BCUT2D eigenvalue weighted by Crippen LogP contribution is -1.80. The second-order valence-electron chi connectivity index (χ2n) is 4.49. The molecule has 0 saturated heterocycles. The summed E-state index contributed by atoms with van der Waals surface area (Å²) in [5, 5.41) is 1.17. The Labute approximate surface area is 117 Å². The number of aromatic amines is 2. The number of nitrogens with zero attached hydrogens (tertiary/aromatic N) is 1. The lowest BCUT2D eigenvalue weighted by atomic mass is 10.2. The van der Waals surface area contributed by atoms with Crippen LogP contribution < -0.4 is 0 Å². The molecule has 0 aliphatic heterocycles. The minimum atomic E-state index is 0.883. The number of hydrogen-bond donors (Lipinski definition) is 2. The predicted molar refractivity (Wildman–Crippen MR) is 81.1 cm³/mol. The zero-order valence-corrected chi connectivity index (χ0v) is 11.5. The summed E-state index contributed by atoms with van der Waals surface area (Å²) in [5.41, 5.74) is 4.14. The van der Waals surface area contributed by atoms with Gasteiger partial charge < -0.3 is 9.97 Å². The number of aromatic nitrogens is 3. The van der Waals surface area contributed by atoms with E-state index in [1.165, 1.54) is 5.39 Å². The van der Waals surface area contributed by atoms with Gasteiger partial charge in [-0.1, -0.05) is 46.3 Å². The van der Waals surface area contributed by atoms with Crippen molar-refractivity contribution in [2.75, 3.05) is 0 Å². The molecule has 2 N–H and O–H groups in total. The smallest absolute Gasteiger partial charge is 0.157 e. The van der Waals surface area contributed by atoms with Crippen LogP contribution in [-0.2, 0) is 0 Å². The molecule has 4 rings (SSSR count). The molecule has 4 heteroatoms. The average molecular weight is 312 g/mol. The highest BCUT2D eigenvalue weighted by Gasteiger charge is 2.10. The van der Waals surface area contributed by atoms with E-state index < -0.39 is 0 Å². The van der Waals surface area contributed by atoms with Crippen LogP contribution in [0.2, 0.25) is 0 Å². The molecule has 0 aliphatic carbocycles. The molecule has 4 aromatic rings. The van der Waals surface area contributed by atoms with E-state index in [9.17, 15) is 0 Å². The van der Waals surface area contributed by atoms with Crippen molar-refractivity contribution in [1.82, 2.24) is 15.0 Å². The number of imidazole rings is 1. The number of nitrogens with one attached hydrogen (secondary N) is 2. The van der Waals surface area contributed by atoms with E-state index >= 15 is 0 Å². The van der Waals surface area contributed by atoms with E-state index in [0.29, 0.717) is 0 Å². The van der Waals surface area contributed by atoms with Crippen LogP contribution in [0.5, 0.6) is 0 Å². The molecule has 0 saturated carbocycles. The standard InChI is InChI=1S/C15H10BrN3/c16-10-5-3-4-9(8-10)14-18-13-11-6-1-2-7-12(11)17-15(13)19-14/h1-8,17H,(H,18,19). The maximum absolute atomic E-state index is 4.63. The van der Waals surface area contributed by atoms with Crippen molar-refractivity contribution in [3.05, 3.63) is 53.0 Å². The van der Waals surface area contributed by atoms with Crippen molar-refractivity contribution in [3.63, 3.8) is 0 Å². The molecule has 0 aliphatic rings. The van der Waals surface area contributed by atoms with Crippen molar-refractivity contribution in [2.24, 2.45) is 0 Å². The van der Waals surface area contributed by atoms with Crippen LogP contribution in [0.15, 0.2) is 53.0 Å². The number of benzene rings is 2. The Bertz CT molecular complexity index is 889. The molecular weight excluding hydrogens is 302 g/mol. The third kappa shape index (κ3) is 1.68. The topological polar surface area (TPSA) is 44.5 Å². The maximum Gasteiger partial charge on any atom is 0.157 e. The van der Waals surface area contributed by atoms with Crippen LogP contribution >= 0.6 is 15.9 Å². The minimum Gasteiger partial charge on any atom is -0.338 e. The molecule has 0 atom stereocenters. The van der Waals surface area contributed by atoms with Gasteiger partial charge >= 0.3 is 0 Å². The molecule has 2 aromatic heterocycles. The summed E-state index contributed by atoms with van der Waals surface area (Å²) in [6.07, 6.45) is 0. The van der Waals surface area contributed by atoms with Gasteiger partial charge in [0.1, 0.15) is 5.82 Å². The van der Waals surface area contributed by atoms with Gasteiger partial charge in [0.25, 0.3) is 0 Å². The molecule has 2 aromatic carbocycles. The summed E-state index contributed by atoms with van der Waals surface area (Å²) in [6.45, 7) is 0.